The summed E-state index contributed by atoms with van der Waals surface area (Å²) in [4.78, 5) is 11.9. The van der Waals surface area contributed by atoms with Crippen molar-refractivity contribution < 1.29 is 19.1 Å². The number of hydrogen-bond donors (Lipinski definition) is 3. The van der Waals surface area contributed by atoms with Gasteiger partial charge in [-0.2, -0.15) is 0 Å². The molecule has 128 valence electrons. The van der Waals surface area contributed by atoms with Gasteiger partial charge in [0.05, 0.1) is 18.9 Å². The van der Waals surface area contributed by atoms with Crippen LogP contribution in [0.3, 0.4) is 0 Å². The first-order valence-electron chi connectivity index (χ1n) is 8.24. The fraction of sp³-hybridized carbons (Fsp3) is 0.389. The number of furan rings is 1. The first-order valence-corrected chi connectivity index (χ1v) is 8.24. The fourth-order valence-corrected chi connectivity index (χ4v) is 2.79. The van der Waals surface area contributed by atoms with Crippen molar-refractivity contribution in [3.8, 4) is 5.75 Å². The molecule has 0 saturated heterocycles. The Labute approximate surface area is 140 Å². The van der Waals surface area contributed by atoms with Gasteiger partial charge in [-0.1, -0.05) is 6.07 Å². The minimum atomic E-state index is -0.872. The highest BCUT2D eigenvalue weighted by Gasteiger charge is 2.16. The molecule has 0 aliphatic heterocycles. The van der Waals surface area contributed by atoms with Crippen LogP contribution >= 0.6 is 0 Å². The van der Waals surface area contributed by atoms with Crippen molar-refractivity contribution in [1.29, 1.82) is 0 Å². The highest BCUT2D eigenvalue weighted by Crippen LogP contribution is 2.25. The number of urea groups is 1. The third-order valence-corrected chi connectivity index (χ3v) is 4.02. The van der Waals surface area contributed by atoms with E-state index in [9.17, 15) is 9.90 Å². The van der Waals surface area contributed by atoms with Gasteiger partial charge < -0.3 is 24.9 Å². The highest BCUT2D eigenvalue weighted by molar-refractivity contribution is 5.89. The smallest absolute Gasteiger partial charge is 0.319 e. The van der Waals surface area contributed by atoms with Gasteiger partial charge in [-0.25, -0.2) is 4.79 Å². The average molecular weight is 330 g/mol. The Kier molecular flexibility index (Phi) is 5.38. The minimum absolute atomic E-state index is 0.0671. The van der Waals surface area contributed by atoms with Gasteiger partial charge in [0.15, 0.2) is 0 Å². The Morgan fingerprint density at radius 1 is 1.29 bits per heavy atom. The number of nitrogens with one attached hydrogen (secondary N) is 2. The molecule has 2 amide bonds. The molecule has 1 aliphatic rings. The summed E-state index contributed by atoms with van der Waals surface area (Å²) in [5.41, 5.74) is 0.649. The molecular formula is C18H22N2O4. The molecule has 1 heterocycles. The van der Waals surface area contributed by atoms with Gasteiger partial charge >= 0.3 is 6.03 Å². The van der Waals surface area contributed by atoms with E-state index in [1.165, 1.54) is 19.1 Å². The zero-order chi connectivity index (χ0) is 16.8. The number of amides is 2. The zero-order valence-electron chi connectivity index (χ0n) is 13.4. The molecule has 6 nitrogen and oxygen atoms in total. The second-order valence-electron chi connectivity index (χ2n) is 5.92. The summed E-state index contributed by atoms with van der Waals surface area (Å²) in [7, 11) is 0. The fourth-order valence-electron chi connectivity index (χ4n) is 2.79. The van der Waals surface area contributed by atoms with E-state index >= 15 is 0 Å². The van der Waals surface area contributed by atoms with Crippen LogP contribution in [0.2, 0.25) is 0 Å². The largest absolute Gasteiger partial charge is 0.490 e. The number of aliphatic hydroxyl groups is 1. The van der Waals surface area contributed by atoms with E-state index < -0.39 is 12.1 Å². The monoisotopic (exact) mass is 330 g/mol. The molecule has 1 saturated carbocycles. The third-order valence-electron chi connectivity index (χ3n) is 4.02. The van der Waals surface area contributed by atoms with Crippen LogP contribution in [0.5, 0.6) is 5.75 Å². The van der Waals surface area contributed by atoms with Crippen LogP contribution in [0.25, 0.3) is 0 Å². The molecule has 3 N–H and O–H groups in total. The number of anilines is 1. The maximum absolute atomic E-state index is 11.9. The number of hydrogen-bond acceptors (Lipinski definition) is 4. The zero-order valence-corrected chi connectivity index (χ0v) is 13.4. The van der Waals surface area contributed by atoms with Crippen LogP contribution in [0, 0.1) is 0 Å². The number of carbonyl (C=O) groups excluding carboxylic acids is 1. The molecule has 1 aromatic heterocycles. The van der Waals surface area contributed by atoms with Gasteiger partial charge in [0, 0.05) is 11.8 Å². The number of rotatable bonds is 6. The second kappa shape index (κ2) is 7.88. The lowest BCUT2D eigenvalue weighted by Gasteiger charge is -2.14. The van der Waals surface area contributed by atoms with Crippen molar-refractivity contribution in [2.45, 2.75) is 37.9 Å². The van der Waals surface area contributed by atoms with Gasteiger partial charge in [-0.05, 0) is 49.9 Å². The molecule has 0 radical (unpaired) electrons. The summed E-state index contributed by atoms with van der Waals surface area (Å²) in [6.45, 7) is 0.0671. The predicted molar refractivity (Wildman–Crippen MR) is 90.0 cm³/mol. The number of ether oxygens (including phenoxy) is 1. The van der Waals surface area contributed by atoms with E-state index in [0.29, 0.717) is 11.4 Å². The molecule has 1 aliphatic carbocycles. The van der Waals surface area contributed by atoms with Gasteiger partial charge in [0.25, 0.3) is 0 Å². The van der Waals surface area contributed by atoms with Crippen LogP contribution in [0.15, 0.2) is 47.1 Å². The summed E-state index contributed by atoms with van der Waals surface area (Å²) >= 11 is 0. The van der Waals surface area contributed by atoms with Crippen molar-refractivity contribution in [3.63, 3.8) is 0 Å². The Balaban J connectivity index is 1.48. The lowest BCUT2D eigenvalue weighted by Crippen LogP contribution is -2.32. The van der Waals surface area contributed by atoms with E-state index in [2.05, 4.69) is 10.6 Å². The van der Waals surface area contributed by atoms with Crippen molar-refractivity contribution in [2.75, 3.05) is 11.9 Å². The summed E-state index contributed by atoms with van der Waals surface area (Å²) < 4.78 is 11.0. The molecule has 1 fully saturated rings. The van der Waals surface area contributed by atoms with Crippen LogP contribution in [0.1, 0.15) is 37.5 Å². The molecule has 3 rings (SSSR count). The number of benzene rings is 1. The summed E-state index contributed by atoms with van der Waals surface area (Å²) in [6, 6.07) is 10.3. The van der Waals surface area contributed by atoms with Crippen molar-refractivity contribution >= 4 is 11.7 Å². The molecular weight excluding hydrogens is 308 g/mol. The van der Waals surface area contributed by atoms with E-state index in [-0.39, 0.29) is 12.6 Å². The summed E-state index contributed by atoms with van der Waals surface area (Å²) in [5, 5.41) is 15.2. The lowest BCUT2D eigenvalue weighted by atomic mass is 10.2. The van der Waals surface area contributed by atoms with Gasteiger partial charge in [-0.3, -0.25) is 0 Å². The summed E-state index contributed by atoms with van der Waals surface area (Å²) in [5.74, 6) is 1.18. The molecule has 6 heteroatoms. The van der Waals surface area contributed by atoms with Crippen LogP contribution in [-0.2, 0) is 0 Å². The maximum Gasteiger partial charge on any atom is 0.319 e. The first kappa shape index (κ1) is 16.4. The third kappa shape index (κ3) is 4.52. The van der Waals surface area contributed by atoms with Crippen LogP contribution in [-0.4, -0.2) is 23.8 Å². The molecule has 0 bridgehead atoms. The second-order valence-corrected chi connectivity index (χ2v) is 5.92. The Morgan fingerprint density at radius 2 is 2.12 bits per heavy atom. The van der Waals surface area contributed by atoms with E-state index in [1.54, 1.807) is 24.3 Å². The van der Waals surface area contributed by atoms with E-state index in [1.807, 2.05) is 12.1 Å². The van der Waals surface area contributed by atoms with Gasteiger partial charge in [0.2, 0.25) is 0 Å². The van der Waals surface area contributed by atoms with Crippen LogP contribution in [0.4, 0.5) is 10.5 Å². The maximum atomic E-state index is 11.9. The molecule has 1 aromatic carbocycles. The molecule has 1 atom stereocenters. The quantitative estimate of drug-likeness (QED) is 0.757. The predicted octanol–water partition coefficient (Wildman–Crippen LogP) is 3.46. The van der Waals surface area contributed by atoms with Gasteiger partial charge in [0.1, 0.15) is 17.6 Å². The normalized spacial score (nSPS) is 15.9. The molecule has 2 aromatic rings. The van der Waals surface area contributed by atoms with Gasteiger partial charge in [-0.15, -0.1) is 0 Å². The standard InChI is InChI=1S/C18H22N2O4/c21-16(17-9-4-10-23-17)12-19-18(22)20-13-5-3-8-15(11-13)24-14-6-1-2-7-14/h3-5,8-11,14,16,21H,1-2,6-7,12H2,(H2,19,20,22). The van der Waals surface area contributed by atoms with Crippen molar-refractivity contribution in [1.82, 2.24) is 5.32 Å². The van der Waals surface area contributed by atoms with Crippen molar-refractivity contribution in [2.24, 2.45) is 0 Å². The average Bonchev–Trinajstić information content (AvgIpc) is 3.26. The highest BCUT2D eigenvalue weighted by atomic mass is 16.5. The lowest BCUT2D eigenvalue weighted by molar-refractivity contribution is 0.149. The molecule has 0 spiro atoms. The Hall–Kier alpha value is -2.47. The molecule has 1 unspecified atom stereocenters. The Bertz CT molecular complexity index is 651. The first-order chi connectivity index (χ1) is 11.7. The van der Waals surface area contributed by atoms with Crippen LogP contribution < -0.4 is 15.4 Å². The number of aliphatic hydroxyl groups excluding tert-OH is 1. The topological polar surface area (TPSA) is 83.7 Å². The SMILES string of the molecule is O=C(NCC(O)c1ccco1)Nc1cccc(OC2CCCC2)c1. The van der Waals surface area contributed by atoms with E-state index in [4.69, 9.17) is 9.15 Å². The van der Waals surface area contributed by atoms with E-state index in [0.717, 1.165) is 18.6 Å². The Morgan fingerprint density at radius 3 is 2.88 bits per heavy atom. The number of carbonyl (C=O) groups is 1. The summed E-state index contributed by atoms with van der Waals surface area (Å²) in [6.07, 6.45) is 5.48. The van der Waals surface area contributed by atoms with Crippen molar-refractivity contribution in [3.05, 3.63) is 48.4 Å². The minimum Gasteiger partial charge on any atom is -0.490 e. The molecule has 24 heavy (non-hydrogen) atoms.